The highest BCUT2D eigenvalue weighted by Crippen LogP contribution is 2.29. The van der Waals surface area contributed by atoms with Crippen molar-refractivity contribution in [3.8, 4) is 0 Å². The van der Waals surface area contributed by atoms with E-state index in [4.69, 9.17) is 5.84 Å². The van der Waals surface area contributed by atoms with E-state index in [0.717, 1.165) is 19.3 Å². The number of nitrogens with one attached hydrogen (secondary N) is 1. The molecule has 0 aromatic heterocycles. The lowest BCUT2D eigenvalue weighted by atomic mass is 9.87. The second kappa shape index (κ2) is 6.17. The van der Waals surface area contributed by atoms with E-state index >= 15 is 0 Å². The molecular weight excluding hydrogens is 248 g/mol. The lowest BCUT2D eigenvalue weighted by Crippen LogP contribution is -2.43. The van der Waals surface area contributed by atoms with E-state index in [-0.39, 0.29) is 12.0 Å². The standard InChI is InChI=1S/C13H24N2O2S/c14-15-13(12-8-9-18(16,17)10-12)11-6-4-2-1-3-5-7-11/h6,12-13,15H,1-5,7-10,14H2. The molecule has 1 fully saturated rings. The van der Waals surface area contributed by atoms with Crippen LogP contribution in [0.15, 0.2) is 11.6 Å². The smallest absolute Gasteiger partial charge is 0.150 e. The van der Waals surface area contributed by atoms with Gasteiger partial charge in [-0.2, -0.15) is 0 Å². The first-order chi connectivity index (χ1) is 8.62. The summed E-state index contributed by atoms with van der Waals surface area (Å²) < 4.78 is 23.2. The molecule has 5 heteroatoms. The molecule has 1 aliphatic heterocycles. The molecule has 0 amide bonds. The van der Waals surface area contributed by atoms with Crippen LogP contribution in [0, 0.1) is 5.92 Å². The van der Waals surface area contributed by atoms with E-state index in [1.165, 1.54) is 31.3 Å². The average Bonchev–Trinajstić information content (AvgIpc) is 2.62. The highest BCUT2D eigenvalue weighted by Gasteiger charge is 2.34. The maximum Gasteiger partial charge on any atom is 0.150 e. The summed E-state index contributed by atoms with van der Waals surface area (Å²) in [6.07, 6.45) is 10.2. The first-order valence-electron chi connectivity index (χ1n) is 6.98. The van der Waals surface area contributed by atoms with Crippen LogP contribution in [-0.2, 0) is 9.84 Å². The fourth-order valence-corrected chi connectivity index (χ4v) is 4.97. The fourth-order valence-electron chi connectivity index (χ4n) is 3.13. The van der Waals surface area contributed by atoms with Crippen molar-refractivity contribution in [1.29, 1.82) is 0 Å². The molecule has 0 spiro atoms. The Morgan fingerprint density at radius 2 is 2.06 bits per heavy atom. The van der Waals surface area contributed by atoms with Gasteiger partial charge in [-0.1, -0.05) is 24.5 Å². The predicted molar refractivity (Wildman–Crippen MR) is 73.7 cm³/mol. The molecular formula is C13H24N2O2S. The van der Waals surface area contributed by atoms with Gasteiger partial charge in [0.2, 0.25) is 0 Å². The van der Waals surface area contributed by atoms with Crippen molar-refractivity contribution in [2.75, 3.05) is 11.5 Å². The van der Waals surface area contributed by atoms with Crippen LogP contribution < -0.4 is 11.3 Å². The average molecular weight is 272 g/mol. The predicted octanol–water partition coefficient (Wildman–Crippen LogP) is 1.53. The number of nitrogens with two attached hydrogens (primary N) is 1. The largest absolute Gasteiger partial charge is 0.271 e. The Morgan fingerprint density at radius 1 is 1.28 bits per heavy atom. The van der Waals surface area contributed by atoms with E-state index < -0.39 is 9.84 Å². The molecule has 0 saturated carbocycles. The third-order valence-corrected chi connectivity index (χ3v) is 5.94. The van der Waals surface area contributed by atoms with Crippen LogP contribution >= 0.6 is 0 Å². The molecule has 3 N–H and O–H groups in total. The number of rotatable bonds is 3. The summed E-state index contributed by atoms with van der Waals surface area (Å²) in [7, 11) is -2.83. The van der Waals surface area contributed by atoms with E-state index in [2.05, 4.69) is 11.5 Å². The topological polar surface area (TPSA) is 72.2 Å². The van der Waals surface area contributed by atoms with Crippen LogP contribution in [-0.4, -0.2) is 26.0 Å². The highest BCUT2D eigenvalue weighted by molar-refractivity contribution is 7.91. The molecule has 0 radical (unpaired) electrons. The molecule has 18 heavy (non-hydrogen) atoms. The lowest BCUT2D eigenvalue weighted by Gasteiger charge is -2.26. The maximum absolute atomic E-state index is 11.6. The van der Waals surface area contributed by atoms with Crippen LogP contribution in [0.5, 0.6) is 0 Å². The van der Waals surface area contributed by atoms with E-state index in [0.29, 0.717) is 11.5 Å². The molecule has 2 unspecified atom stereocenters. The molecule has 1 heterocycles. The Hall–Kier alpha value is -0.390. The van der Waals surface area contributed by atoms with Gasteiger partial charge in [0, 0.05) is 6.04 Å². The zero-order valence-electron chi connectivity index (χ0n) is 10.9. The zero-order chi connectivity index (χ0) is 13.0. The second-order valence-electron chi connectivity index (χ2n) is 5.54. The lowest BCUT2D eigenvalue weighted by molar-refractivity contribution is 0.416. The van der Waals surface area contributed by atoms with Crippen molar-refractivity contribution in [3.63, 3.8) is 0 Å². The Labute approximate surface area is 110 Å². The monoisotopic (exact) mass is 272 g/mol. The SMILES string of the molecule is NNC(C1=CCCCCCC1)C1CCS(=O)(=O)C1. The van der Waals surface area contributed by atoms with Gasteiger partial charge in [0.05, 0.1) is 11.5 Å². The van der Waals surface area contributed by atoms with E-state index in [1.807, 2.05) is 0 Å². The van der Waals surface area contributed by atoms with Gasteiger partial charge in [0.1, 0.15) is 0 Å². The molecule has 2 rings (SSSR count). The molecule has 104 valence electrons. The Kier molecular flexibility index (Phi) is 4.81. The van der Waals surface area contributed by atoms with Crippen molar-refractivity contribution in [2.45, 2.75) is 51.0 Å². The fraction of sp³-hybridized carbons (Fsp3) is 0.846. The molecule has 0 aromatic rings. The maximum atomic E-state index is 11.6. The number of allylic oxidation sites excluding steroid dienone is 1. The van der Waals surface area contributed by atoms with Crippen LogP contribution in [0.1, 0.15) is 44.9 Å². The molecule has 2 aliphatic rings. The van der Waals surface area contributed by atoms with Gasteiger partial charge in [-0.15, -0.1) is 0 Å². The summed E-state index contributed by atoms with van der Waals surface area (Å²) in [5, 5.41) is 0. The summed E-state index contributed by atoms with van der Waals surface area (Å²) in [6.45, 7) is 0. The number of hydrazine groups is 1. The first kappa shape index (κ1) is 14.0. The minimum absolute atomic E-state index is 0.0559. The summed E-state index contributed by atoms with van der Waals surface area (Å²) in [6, 6.07) is 0.0559. The van der Waals surface area contributed by atoms with E-state index in [1.54, 1.807) is 0 Å². The minimum atomic E-state index is -2.83. The zero-order valence-corrected chi connectivity index (χ0v) is 11.7. The van der Waals surface area contributed by atoms with Gasteiger partial charge in [0.15, 0.2) is 9.84 Å². The third kappa shape index (κ3) is 3.56. The second-order valence-corrected chi connectivity index (χ2v) is 7.77. The first-order valence-corrected chi connectivity index (χ1v) is 8.80. The Bertz CT molecular complexity index is 403. The summed E-state index contributed by atoms with van der Waals surface area (Å²) in [5.41, 5.74) is 4.20. The van der Waals surface area contributed by atoms with Crippen LogP contribution in [0.4, 0.5) is 0 Å². The van der Waals surface area contributed by atoms with Crippen LogP contribution in [0.2, 0.25) is 0 Å². The number of hydrogen-bond acceptors (Lipinski definition) is 4. The molecule has 0 bridgehead atoms. The summed E-state index contributed by atoms with van der Waals surface area (Å²) >= 11 is 0. The normalized spacial score (nSPS) is 30.3. The summed E-state index contributed by atoms with van der Waals surface area (Å²) in [4.78, 5) is 0. The van der Waals surface area contributed by atoms with Crippen LogP contribution in [0.3, 0.4) is 0 Å². The van der Waals surface area contributed by atoms with Gasteiger partial charge in [-0.3, -0.25) is 11.3 Å². The number of hydrogen-bond donors (Lipinski definition) is 2. The van der Waals surface area contributed by atoms with Crippen molar-refractivity contribution in [3.05, 3.63) is 11.6 Å². The van der Waals surface area contributed by atoms with Crippen molar-refractivity contribution in [2.24, 2.45) is 11.8 Å². The van der Waals surface area contributed by atoms with Crippen molar-refractivity contribution >= 4 is 9.84 Å². The molecule has 1 saturated heterocycles. The Morgan fingerprint density at radius 3 is 2.72 bits per heavy atom. The third-order valence-electron chi connectivity index (χ3n) is 4.14. The minimum Gasteiger partial charge on any atom is -0.271 e. The van der Waals surface area contributed by atoms with Crippen LogP contribution in [0.25, 0.3) is 0 Å². The van der Waals surface area contributed by atoms with Crippen molar-refractivity contribution in [1.82, 2.24) is 5.43 Å². The van der Waals surface area contributed by atoms with Gasteiger partial charge in [-0.25, -0.2) is 8.42 Å². The molecule has 0 aromatic carbocycles. The van der Waals surface area contributed by atoms with E-state index in [9.17, 15) is 8.42 Å². The quantitative estimate of drug-likeness (QED) is 0.464. The number of sulfone groups is 1. The van der Waals surface area contributed by atoms with Gasteiger partial charge < -0.3 is 0 Å². The van der Waals surface area contributed by atoms with Gasteiger partial charge >= 0.3 is 0 Å². The molecule has 2 atom stereocenters. The van der Waals surface area contributed by atoms with Crippen molar-refractivity contribution < 1.29 is 8.42 Å². The van der Waals surface area contributed by atoms with Gasteiger partial charge in [-0.05, 0) is 38.0 Å². The summed E-state index contributed by atoms with van der Waals surface area (Å²) in [5.74, 6) is 6.45. The molecule has 4 nitrogen and oxygen atoms in total. The molecule has 1 aliphatic carbocycles. The highest BCUT2D eigenvalue weighted by atomic mass is 32.2. The van der Waals surface area contributed by atoms with Gasteiger partial charge in [0.25, 0.3) is 0 Å². The Balaban J connectivity index is 2.07.